The van der Waals surface area contributed by atoms with Crippen molar-refractivity contribution in [3.8, 4) is 23.6 Å². The van der Waals surface area contributed by atoms with E-state index in [2.05, 4.69) is 10.1 Å². The van der Waals surface area contributed by atoms with Gasteiger partial charge in [-0.1, -0.05) is 64.1 Å². The molecule has 3 aromatic carbocycles. The van der Waals surface area contributed by atoms with Crippen molar-refractivity contribution < 1.29 is 23.0 Å². The molecule has 0 saturated heterocycles. The van der Waals surface area contributed by atoms with Crippen molar-refractivity contribution in [2.75, 3.05) is 0 Å². The van der Waals surface area contributed by atoms with Crippen LogP contribution in [0.25, 0.3) is 0 Å². The quantitative estimate of drug-likeness (QED) is 0.160. The Bertz CT molecular complexity index is 1680. The Hall–Kier alpha value is -3.22. The second kappa shape index (κ2) is 13.2. The van der Waals surface area contributed by atoms with E-state index in [1.165, 1.54) is 29.5 Å². The van der Waals surface area contributed by atoms with Crippen molar-refractivity contribution in [3.05, 3.63) is 102 Å². The molecule has 1 N–H and O–H groups in total. The van der Waals surface area contributed by atoms with Gasteiger partial charge >= 0.3 is 6.18 Å². The highest BCUT2D eigenvalue weighted by atomic mass is 35.5. The minimum atomic E-state index is -4.67. The van der Waals surface area contributed by atoms with Crippen LogP contribution in [0.4, 0.5) is 13.2 Å². The lowest BCUT2D eigenvalue weighted by molar-refractivity contribution is -0.141. The van der Waals surface area contributed by atoms with Gasteiger partial charge in [0, 0.05) is 5.02 Å². The summed E-state index contributed by atoms with van der Waals surface area (Å²) in [5.74, 6) is 0.0912. The van der Waals surface area contributed by atoms with Gasteiger partial charge in [-0.3, -0.25) is 0 Å². The van der Waals surface area contributed by atoms with Gasteiger partial charge < -0.3 is 9.84 Å². The third-order valence-electron chi connectivity index (χ3n) is 6.42. The molecule has 43 heavy (non-hydrogen) atoms. The Morgan fingerprint density at radius 1 is 0.860 bits per heavy atom. The van der Waals surface area contributed by atoms with E-state index >= 15 is 0 Å². The molecule has 1 heterocycles. The average Bonchev–Trinajstić information content (AvgIpc) is 3.71. The fourth-order valence-electron chi connectivity index (χ4n) is 4.22. The summed E-state index contributed by atoms with van der Waals surface area (Å²) in [7, 11) is 0. The van der Waals surface area contributed by atoms with Gasteiger partial charge in [-0.2, -0.15) is 28.8 Å². The number of alkyl halides is 3. The normalized spacial score (nSPS) is 14.1. The number of hydrogen-bond donors (Lipinski definition) is 1. The van der Waals surface area contributed by atoms with E-state index in [4.69, 9.17) is 73.3 Å². The number of benzene rings is 3. The van der Waals surface area contributed by atoms with Crippen LogP contribution in [0.5, 0.6) is 11.5 Å². The zero-order chi connectivity index (χ0) is 31.5. The van der Waals surface area contributed by atoms with Gasteiger partial charge in [0.1, 0.15) is 41.9 Å². The number of aliphatic hydroxyl groups is 1. The molecule has 0 aliphatic heterocycles. The zero-order valence-corrected chi connectivity index (χ0v) is 25.3. The minimum absolute atomic E-state index is 0.0160. The van der Waals surface area contributed by atoms with Gasteiger partial charge in [0.25, 0.3) is 0 Å². The molecule has 0 radical (unpaired) electrons. The molecule has 4 aromatic rings. The molecule has 1 atom stereocenters. The smallest absolute Gasteiger partial charge is 0.416 e. The van der Waals surface area contributed by atoms with Crippen LogP contribution in [0.2, 0.25) is 25.1 Å². The molecule has 222 valence electrons. The summed E-state index contributed by atoms with van der Waals surface area (Å²) in [6, 6.07) is 13.4. The van der Waals surface area contributed by atoms with Crippen molar-refractivity contribution in [1.82, 2.24) is 14.8 Å². The summed E-state index contributed by atoms with van der Waals surface area (Å²) in [6.45, 7) is -0.113. The SMILES string of the molecule is N#Cc1c(Cl)c(Cl)c(Cl)c(C#N)c1Cl.OC(Cn1cncn1)(c1ccc(Oc2ccc(Cl)cc2)cc1C(F)(F)F)C1CC1. The largest absolute Gasteiger partial charge is 0.457 e. The lowest BCUT2D eigenvalue weighted by Crippen LogP contribution is -2.36. The van der Waals surface area contributed by atoms with Gasteiger partial charge in [0.2, 0.25) is 0 Å². The van der Waals surface area contributed by atoms with Crippen LogP contribution < -0.4 is 4.74 Å². The number of aromatic nitrogens is 3. The maximum absolute atomic E-state index is 13.9. The summed E-state index contributed by atoms with van der Waals surface area (Å²) < 4.78 is 48.6. The number of hydrogen-bond acceptors (Lipinski definition) is 6. The zero-order valence-electron chi connectivity index (χ0n) is 21.5. The molecule has 15 heteroatoms. The van der Waals surface area contributed by atoms with E-state index in [0.29, 0.717) is 23.6 Å². The van der Waals surface area contributed by atoms with Crippen molar-refractivity contribution in [2.24, 2.45) is 5.92 Å². The molecule has 0 amide bonds. The third-order valence-corrected chi connectivity index (χ3v) is 8.38. The van der Waals surface area contributed by atoms with Crippen LogP contribution in [-0.2, 0) is 18.3 Å². The highest BCUT2D eigenvalue weighted by Crippen LogP contribution is 2.50. The highest BCUT2D eigenvalue weighted by molar-refractivity contribution is 6.50. The number of nitriles is 2. The van der Waals surface area contributed by atoms with Gasteiger partial charge in [-0.25, -0.2) is 9.67 Å². The van der Waals surface area contributed by atoms with Gasteiger partial charge in [0.15, 0.2) is 0 Å². The first kappa shape index (κ1) is 32.7. The van der Waals surface area contributed by atoms with Crippen molar-refractivity contribution in [3.63, 3.8) is 0 Å². The monoisotopic (exact) mass is 687 g/mol. The summed E-state index contributed by atoms with van der Waals surface area (Å²) in [6.07, 6.45) is -0.726. The molecular weight excluding hydrogens is 673 g/mol. The van der Waals surface area contributed by atoms with Crippen LogP contribution in [0.1, 0.15) is 35.1 Å². The number of halogens is 8. The molecule has 1 fully saturated rings. The minimum Gasteiger partial charge on any atom is -0.457 e. The molecule has 1 aliphatic rings. The summed E-state index contributed by atoms with van der Waals surface area (Å²) in [5.41, 5.74) is -2.92. The van der Waals surface area contributed by atoms with Crippen LogP contribution in [0, 0.1) is 28.6 Å². The lowest BCUT2D eigenvalue weighted by atomic mass is 9.85. The van der Waals surface area contributed by atoms with Gasteiger partial charge in [0.05, 0.1) is 43.3 Å². The molecule has 0 spiro atoms. The average molecular weight is 690 g/mol. The first-order valence-electron chi connectivity index (χ1n) is 12.2. The third kappa shape index (κ3) is 7.30. The van der Waals surface area contributed by atoms with Crippen molar-refractivity contribution in [1.29, 1.82) is 10.5 Å². The van der Waals surface area contributed by atoms with E-state index < -0.39 is 17.3 Å². The van der Waals surface area contributed by atoms with Gasteiger partial charge in [-0.05, 0) is 60.7 Å². The van der Waals surface area contributed by atoms with E-state index in [0.717, 1.165) is 6.07 Å². The Morgan fingerprint density at radius 2 is 1.44 bits per heavy atom. The summed E-state index contributed by atoms with van der Waals surface area (Å²) in [5, 5.41) is 33.0. The first-order valence-corrected chi connectivity index (χ1v) is 14.0. The van der Waals surface area contributed by atoms with Crippen LogP contribution in [0.15, 0.2) is 55.1 Å². The Kier molecular flexibility index (Phi) is 10.0. The summed E-state index contributed by atoms with van der Waals surface area (Å²) >= 11 is 28.6. The predicted molar refractivity (Wildman–Crippen MR) is 156 cm³/mol. The number of rotatable bonds is 6. The topological polar surface area (TPSA) is 108 Å². The van der Waals surface area contributed by atoms with Gasteiger partial charge in [-0.15, -0.1) is 0 Å². The maximum atomic E-state index is 13.9. The standard InChI is InChI=1S/C20H17ClF3N3O2.C8Cl4N2/c21-14-3-5-15(6-4-14)29-16-7-8-17(18(9-16)20(22,23)24)19(28,13-1-2-13)10-27-12-25-11-26-27;9-5-3(1-13)6(10)8(12)7(11)4(5)2-14/h3-9,11-13,28H,1-2,10H2;. The molecule has 5 rings (SSSR count). The molecule has 7 nitrogen and oxygen atoms in total. The highest BCUT2D eigenvalue weighted by Gasteiger charge is 2.50. The van der Waals surface area contributed by atoms with E-state index in [9.17, 15) is 18.3 Å². The second-order valence-corrected chi connectivity index (χ2v) is 11.2. The van der Waals surface area contributed by atoms with Crippen molar-refractivity contribution >= 4 is 58.0 Å². The molecular formula is C28H17Cl5F3N5O2. The van der Waals surface area contributed by atoms with E-state index in [-0.39, 0.29) is 55.0 Å². The van der Waals surface area contributed by atoms with Crippen LogP contribution in [0.3, 0.4) is 0 Å². The van der Waals surface area contributed by atoms with Crippen LogP contribution >= 0.6 is 58.0 Å². The number of ether oxygens (including phenoxy) is 1. The van der Waals surface area contributed by atoms with Crippen LogP contribution in [-0.4, -0.2) is 19.9 Å². The van der Waals surface area contributed by atoms with E-state index in [1.807, 2.05) is 0 Å². The Balaban J connectivity index is 0.000000255. The van der Waals surface area contributed by atoms with Crippen molar-refractivity contribution in [2.45, 2.75) is 31.2 Å². The number of nitrogens with zero attached hydrogens (tertiary/aromatic N) is 5. The fraction of sp³-hybridized carbons (Fsp3) is 0.214. The summed E-state index contributed by atoms with van der Waals surface area (Å²) in [4.78, 5) is 3.81. The Labute approximate surface area is 268 Å². The molecule has 1 unspecified atom stereocenters. The molecule has 1 aliphatic carbocycles. The first-order chi connectivity index (χ1) is 20.3. The lowest BCUT2D eigenvalue weighted by Gasteiger charge is -2.31. The molecule has 1 saturated carbocycles. The predicted octanol–water partition coefficient (Wildman–Crippen LogP) is 9.08. The van der Waals surface area contributed by atoms with E-state index in [1.54, 1.807) is 36.4 Å². The maximum Gasteiger partial charge on any atom is 0.416 e. The fourth-order valence-corrected chi connectivity index (χ4v) is 5.42. The molecule has 1 aromatic heterocycles. The second-order valence-electron chi connectivity index (χ2n) is 9.28. The molecule has 0 bridgehead atoms. The Morgan fingerprint density at radius 3 is 1.93 bits per heavy atom.